The molecule has 1 aliphatic rings. The Kier molecular flexibility index (Phi) is 3.03. The average Bonchev–Trinajstić information content (AvgIpc) is 2.57. The second-order valence-corrected chi connectivity index (χ2v) is 6.70. The van der Waals surface area contributed by atoms with Gasteiger partial charge in [0.1, 0.15) is 0 Å². The van der Waals surface area contributed by atoms with Crippen molar-refractivity contribution in [2.24, 2.45) is 0 Å². The smallest absolute Gasteiger partial charge is 0.180 e. The predicted molar refractivity (Wildman–Crippen MR) is 76.6 cm³/mol. The summed E-state index contributed by atoms with van der Waals surface area (Å²) in [5.74, 6) is 0.216. The number of benzene rings is 2. The summed E-state index contributed by atoms with van der Waals surface area (Å²) in [6.45, 7) is 0.722. The molecule has 98 valence electrons. The minimum atomic E-state index is -3.16. The van der Waals surface area contributed by atoms with Crippen molar-refractivity contribution in [3.05, 3.63) is 54.6 Å². The van der Waals surface area contributed by atoms with Crippen LogP contribution in [0.15, 0.2) is 59.5 Å². The summed E-state index contributed by atoms with van der Waals surface area (Å²) in [6, 6.07) is 17.2. The van der Waals surface area contributed by atoms with Gasteiger partial charge >= 0.3 is 0 Å². The third-order valence-electron chi connectivity index (χ3n) is 3.35. The van der Waals surface area contributed by atoms with Crippen LogP contribution in [0.4, 0.5) is 11.4 Å². The van der Waals surface area contributed by atoms with Crippen LogP contribution in [-0.4, -0.2) is 20.7 Å². The second-order valence-electron chi connectivity index (χ2n) is 4.63. The summed E-state index contributed by atoms with van der Waals surface area (Å²) in [5.41, 5.74) is 1.82. The summed E-state index contributed by atoms with van der Waals surface area (Å²) < 4.78 is 24.5. The highest BCUT2D eigenvalue weighted by Crippen LogP contribution is 2.34. The van der Waals surface area contributed by atoms with E-state index < -0.39 is 9.84 Å². The Bertz CT molecular complexity index is 680. The van der Waals surface area contributed by atoms with Crippen molar-refractivity contribution in [1.82, 2.24) is 0 Å². The number of rotatable bonds is 1. The van der Waals surface area contributed by atoms with Gasteiger partial charge < -0.3 is 4.90 Å². The van der Waals surface area contributed by atoms with Crippen molar-refractivity contribution >= 4 is 21.2 Å². The quantitative estimate of drug-likeness (QED) is 0.801. The second kappa shape index (κ2) is 4.70. The monoisotopic (exact) mass is 273 g/mol. The molecule has 2 aromatic rings. The normalized spacial score (nSPS) is 17.6. The molecule has 1 aliphatic heterocycles. The lowest BCUT2D eigenvalue weighted by Gasteiger charge is -2.24. The molecule has 1 heterocycles. The maximum Gasteiger partial charge on any atom is 0.180 e. The van der Waals surface area contributed by atoms with Gasteiger partial charge in [-0.3, -0.25) is 0 Å². The molecule has 2 aromatic carbocycles. The highest BCUT2D eigenvalue weighted by molar-refractivity contribution is 7.91. The Morgan fingerprint density at radius 3 is 2.37 bits per heavy atom. The van der Waals surface area contributed by atoms with Gasteiger partial charge in [-0.25, -0.2) is 8.42 Å². The third kappa shape index (κ3) is 2.24. The lowest BCUT2D eigenvalue weighted by molar-refractivity contribution is 0.596. The molecule has 19 heavy (non-hydrogen) atoms. The van der Waals surface area contributed by atoms with E-state index in [0.717, 1.165) is 17.9 Å². The molecular formula is C15H15NO2S. The zero-order valence-corrected chi connectivity index (χ0v) is 11.3. The van der Waals surface area contributed by atoms with Crippen molar-refractivity contribution < 1.29 is 8.42 Å². The molecule has 0 fully saturated rings. The molecule has 0 bridgehead atoms. The predicted octanol–water partition coefficient (Wildman–Crippen LogP) is 3.00. The first-order valence-electron chi connectivity index (χ1n) is 6.33. The Hall–Kier alpha value is -1.81. The molecule has 4 heteroatoms. The van der Waals surface area contributed by atoms with Crippen molar-refractivity contribution in [1.29, 1.82) is 0 Å². The minimum absolute atomic E-state index is 0.216. The first-order valence-corrected chi connectivity index (χ1v) is 7.98. The van der Waals surface area contributed by atoms with Gasteiger partial charge in [-0.05, 0) is 30.7 Å². The molecule has 0 saturated carbocycles. The molecule has 0 saturated heterocycles. The Balaban J connectivity index is 2.18. The number of hydrogen-bond acceptors (Lipinski definition) is 3. The fraction of sp³-hybridized carbons (Fsp3) is 0.200. The SMILES string of the molecule is O=S1(=O)CCCN(c2ccccc2)c2ccccc21. The summed E-state index contributed by atoms with van der Waals surface area (Å²) >= 11 is 0. The van der Waals surface area contributed by atoms with E-state index >= 15 is 0 Å². The van der Waals surface area contributed by atoms with Crippen LogP contribution in [-0.2, 0) is 9.84 Å². The lowest BCUT2D eigenvalue weighted by Crippen LogP contribution is -2.17. The van der Waals surface area contributed by atoms with Crippen molar-refractivity contribution in [2.75, 3.05) is 17.2 Å². The fourth-order valence-electron chi connectivity index (χ4n) is 2.46. The fourth-order valence-corrected chi connectivity index (χ4v) is 3.97. The maximum absolute atomic E-state index is 12.2. The molecule has 0 spiro atoms. The summed E-state index contributed by atoms with van der Waals surface area (Å²) in [5, 5.41) is 0. The molecule has 0 N–H and O–H groups in total. The van der Waals surface area contributed by atoms with E-state index in [1.807, 2.05) is 42.5 Å². The molecular weight excluding hydrogens is 258 g/mol. The van der Waals surface area contributed by atoms with E-state index in [1.54, 1.807) is 12.1 Å². The number of para-hydroxylation sites is 2. The van der Waals surface area contributed by atoms with E-state index in [9.17, 15) is 8.42 Å². The van der Waals surface area contributed by atoms with Crippen LogP contribution in [0.25, 0.3) is 0 Å². The number of nitrogens with zero attached hydrogens (tertiary/aromatic N) is 1. The van der Waals surface area contributed by atoms with Crippen LogP contribution in [0.5, 0.6) is 0 Å². The Morgan fingerprint density at radius 1 is 0.895 bits per heavy atom. The Labute approximate surface area is 113 Å². The van der Waals surface area contributed by atoms with Crippen LogP contribution in [0.1, 0.15) is 6.42 Å². The van der Waals surface area contributed by atoms with E-state index in [4.69, 9.17) is 0 Å². The van der Waals surface area contributed by atoms with Gasteiger partial charge in [0.15, 0.2) is 9.84 Å². The van der Waals surface area contributed by atoms with Gasteiger partial charge in [0.2, 0.25) is 0 Å². The van der Waals surface area contributed by atoms with E-state index in [-0.39, 0.29) is 5.75 Å². The summed E-state index contributed by atoms with van der Waals surface area (Å²) in [4.78, 5) is 2.52. The van der Waals surface area contributed by atoms with Gasteiger partial charge in [-0.2, -0.15) is 0 Å². The first kappa shape index (κ1) is 12.2. The van der Waals surface area contributed by atoms with Crippen molar-refractivity contribution in [3.63, 3.8) is 0 Å². The largest absolute Gasteiger partial charge is 0.340 e. The minimum Gasteiger partial charge on any atom is -0.340 e. The highest BCUT2D eigenvalue weighted by Gasteiger charge is 2.25. The van der Waals surface area contributed by atoms with E-state index in [1.165, 1.54) is 0 Å². The molecule has 0 unspecified atom stereocenters. The topological polar surface area (TPSA) is 37.4 Å². The van der Waals surface area contributed by atoms with E-state index in [2.05, 4.69) is 4.90 Å². The zero-order valence-electron chi connectivity index (χ0n) is 10.5. The number of sulfone groups is 1. The molecule has 0 atom stereocenters. The van der Waals surface area contributed by atoms with Gasteiger partial charge in [0.25, 0.3) is 0 Å². The summed E-state index contributed by atoms with van der Waals surface area (Å²) in [7, 11) is -3.16. The maximum atomic E-state index is 12.2. The molecule has 3 nitrogen and oxygen atoms in total. The first-order chi connectivity index (χ1) is 9.18. The van der Waals surface area contributed by atoms with Crippen LogP contribution >= 0.6 is 0 Å². The standard InChI is InChI=1S/C15H15NO2S/c17-19(18)12-6-11-16(13-7-2-1-3-8-13)14-9-4-5-10-15(14)19/h1-5,7-10H,6,11-12H2. The van der Waals surface area contributed by atoms with Crippen LogP contribution < -0.4 is 4.90 Å². The lowest BCUT2D eigenvalue weighted by atomic mass is 10.2. The van der Waals surface area contributed by atoms with Gasteiger partial charge in [0.05, 0.1) is 16.3 Å². The number of anilines is 2. The van der Waals surface area contributed by atoms with Gasteiger partial charge in [-0.1, -0.05) is 30.3 Å². The van der Waals surface area contributed by atoms with E-state index in [0.29, 0.717) is 11.3 Å². The third-order valence-corrected chi connectivity index (χ3v) is 5.20. The molecule has 3 rings (SSSR count). The molecule has 0 radical (unpaired) electrons. The highest BCUT2D eigenvalue weighted by atomic mass is 32.2. The molecule has 0 amide bonds. The van der Waals surface area contributed by atoms with Crippen molar-refractivity contribution in [3.8, 4) is 0 Å². The Morgan fingerprint density at radius 2 is 1.58 bits per heavy atom. The number of hydrogen-bond donors (Lipinski definition) is 0. The summed E-state index contributed by atoms with van der Waals surface area (Å²) in [6.07, 6.45) is 0.645. The van der Waals surface area contributed by atoms with Gasteiger partial charge in [0, 0.05) is 12.2 Å². The van der Waals surface area contributed by atoms with Crippen molar-refractivity contribution in [2.45, 2.75) is 11.3 Å². The molecule has 0 aliphatic carbocycles. The van der Waals surface area contributed by atoms with Crippen LogP contribution in [0.2, 0.25) is 0 Å². The van der Waals surface area contributed by atoms with Crippen LogP contribution in [0.3, 0.4) is 0 Å². The zero-order chi connectivity index (χ0) is 13.3. The average molecular weight is 273 g/mol. The molecule has 0 aromatic heterocycles. The number of fused-ring (bicyclic) bond motifs is 1. The van der Waals surface area contributed by atoms with Crippen LogP contribution in [0, 0.1) is 0 Å². The van der Waals surface area contributed by atoms with Gasteiger partial charge in [-0.15, -0.1) is 0 Å².